The lowest BCUT2D eigenvalue weighted by Gasteiger charge is -2.15. The maximum Gasteiger partial charge on any atom is 0.573 e. The highest BCUT2D eigenvalue weighted by atomic mass is 127. The van der Waals surface area contributed by atoms with Gasteiger partial charge in [-0.1, -0.05) is 0 Å². The first-order valence-corrected chi connectivity index (χ1v) is 6.00. The molecule has 0 radical (unpaired) electrons. The fraction of sp³-hybridized carbons (Fsp3) is 0.300. The molecule has 0 aliphatic rings. The van der Waals surface area contributed by atoms with E-state index in [1.807, 2.05) is 5.32 Å². The maximum absolute atomic E-state index is 13.3. The van der Waals surface area contributed by atoms with Crippen LogP contribution in [0.2, 0.25) is 0 Å². The van der Waals surface area contributed by atoms with Gasteiger partial charge in [0.2, 0.25) is 0 Å². The van der Waals surface area contributed by atoms with E-state index in [9.17, 15) is 22.4 Å². The van der Waals surface area contributed by atoms with Crippen molar-refractivity contribution in [2.75, 3.05) is 11.9 Å². The molecule has 0 aromatic heterocycles. The number of hydrogen-bond acceptors (Lipinski definition) is 3. The van der Waals surface area contributed by atoms with Gasteiger partial charge in [0.15, 0.2) is 5.75 Å². The van der Waals surface area contributed by atoms with Crippen LogP contribution in [-0.2, 0) is 4.74 Å². The zero-order valence-electron chi connectivity index (χ0n) is 9.48. The molecule has 9 heteroatoms. The average molecular weight is 393 g/mol. The number of ether oxygens (including phenoxy) is 2. The van der Waals surface area contributed by atoms with Crippen molar-refractivity contribution in [2.24, 2.45) is 0 Å². The molecule has 1 aromatic rings. The van der Waals surface area contributed by atoms with E-state index in [0.29, 0.717) is 0 Å². The third-order valence-electron chi connectivity index (χ3n) is 1.78. The fourth-order valence-electron chi connectivity index (χ4n) is 1.13. The van der Waals surface area contributed by atoms with E-state index in [1.165, 1.54) is 29.5 Å². The molecule has 0 fully saturated rings. The van der Waals surface area contributed by atoms with Gasteiger partial charge in [-0.25, -0.2) is 9.18 Å². The molecule has 0 saturated carbocycles. The molecule has 1 rings (SSSR count). The number of amides is 1. The Morgan fingerprint density at radius 3 is 2.58 bits per heavy atom. The van der Waals surface area contributed by atoms with E-state index >= 15 is 0 Å². The predicted octanol–water partition coefficient (Wildman–Crippen LogP) is 3.90. The second-order valence-corrected chi connectivity index (χ2v) is 4.21. The average Bonchev–Trinajstić information content (AvgIpc) is 2.27. The molecule has 4 nitrogen and oxygen atoms in total. The van der Waals surface area contributed by atoms with Crippen molar-refractivity contribution in [3.05, 3.63) is 21.5 Å². The van der Waals surface area contributed by atoms with E-state index in [4.69, 9.17) is 0 Å². The van der Waals surface area contributed by atoms with E-state index in [2.05, 4.69) is 9.47 Å². The van der Waals surface area contributed by atoms with Crippen LogP contribution in [0.25, 0.3) is 0 Å². The molecule has 0 unspecified atom stereocenters. The molecule has 0 heterocycles. The predicted molar refractivity (Wildman–Crippen MR) is 66.4 cm³/mol. The van der Waals surface area contributed by atoms with Crippen molar-refractivity contribution in [3.8, 4) is 5.75 Å². The van der Waals surface area contributed by atoms with Crippen LogP contribution in [0.5, 0.6) is 5.75 Å². The molecular formula is C10H8F4INO3. The van der Waals surface area contributed by atoms with Gasteiger partial charge < -0.3 is 9.47 Å². The third-order valence-corrected chi connectivity index (χ3v) is 2.84. The topological polar surface area (TPSA) is 47.6 Å². The second kappa shape index (κ2) is 6.26. The summed E-state index contributed by atoms with van der Waals surface area (Å²) < 4.78 is 57.8. The lowest BCUT2D eigenvalue weighted by molar-refractivity contribution is -0.274. The van der Waals surface area contributed by atoms with Crippen LogP contribution >= 0.6 is 22.6 Å². The Bertz CT molecular complexity index is 479. The van der Waals surface area contributed by atoms with Crippen LogP contribution in [-0.4, -0.2) is 19.1 Å². The monoisotopic (exact) mass is 393 g/mol. The summed E-state index contributed by atoms with van der Waals surface area (Å²) in [6, 6.07) is 1.58. The summed E-state index contributed by atoms with van der Waals surface area (Å²) in [7, 11) is 0. The molecule has 0 saturated heterocycles. The maximum atomic E-state index is 13.3. The van der Waals surface area contributed by atoms with Gasteiger partial charge in [-0.05, 0) is 41.6 Å². The number of halogens is 5. The van der Waals surface area contributed by atoms with Crippen LogP contribution in [0.4, 0.5) is 28.0 Å². The molecule has 0 aliphatic carbocycles. The Kier molecular flexibility index (Phi) is 5.20. The van der Waals surface area contributed by atoms with Crippen molar-refractivity contribution >= 4 is 34.4 Å². The van der Waals surface area contributed by atoms with Gasteiger partial charge in [0.05, 0.1) is 10.2 Å². The fourth-order valence-corrected chi connectivity index (χ4v) is 1.71. The van der Waals surface area contributed by atoms with E-state index < -0.39 is 29.7 Å². The van der Waals surface area contributed by atoms with E-state index in [-0.39, 0.29) is 10.2 Å². The van der Waals surface area contributed by atoms with E-state index in [0.717, 1.165) is 12.1 Å². The van der Waals surface area contributed by atoms with Crippen LogP contribution in [0.15, 0.2) is 12.1 Å². The summed E-state index contributed by atoms with van der Waals surface area (Å²) in [5.74, 6) is -1.51. The summed E-state index contributed by atoms with van der Waals surface area (Å²) >= 11 is 1.45. The van der Waals surface area contributed by atoms with Gasteiger partial charge in [-0.2, -0.15) is 0 Å². The molecule has 0 bridgehead atoms. The van der Waals surface area contributed by atoms with Gasteiger partial charge in [-0.3, -0.25) is 5.32 Å². The lowest BCUT2D eigenvalue weighted by atomic mass is 10.3. The summed E-state index contributed by atoms with van der Waals surface area (Å²) in [5, 5.41) is 2.01. The van der Waals surface area contributed by atoms with Crippen molar-refractivity contribution in [2.45, 2.75) is 13.3 Å². The van der Waals surface area contributed by atoms with Crippen LogP contribution in [0.3, 0.4) is 0 Å². The normalized spacial score (nSPS) is 11.1. The smallest absolute Gasteiger partial charge is 0.450 e. The lowest BCUT2D eigenvalue weighted by Crippen LogP contribution is -2.21. The highest BCUT2D eigenvalue weighted by molar-refractivity contribution is 14.1. The minimum Gasteiger partial charge on any atom is -0.450 e. The molecule has 106 valence electrons. The standard InChI is InChI=1S/C10H8F4INO3/c1-2-18-9(17)16-8-6(19-10(12,13)14)4-3-5(11)7(8)15/h3-4H,2H2,1H3,(H,16,17). The Morgan fingerprint density at radius 2 is 2.05 bits per heavy atom. The number of benzene rings is 1. The Morgan fingerprint density at radius 1 is 1.42 bits per heavy atom. The number of carbonyl (C=O) groups is 1. The molecule has 1 amide bonds. The Hall–Kier alpha value is -1.26. The molecule has 19 heavy (non-hydrogen) atoms. The number of nitrogens with one attached hydrogen (secondary N) is 1. The van der Waals surface area contributed by atoms with Crippen molar-refractivity contribution in [3.63, 3.8) is 0 Å². The Labute approximate surface area is 119 Å². The zero-order chi connectivity index (χ0) is 14.6. The van der Waals surface area contributed by atoms with Gasteiger partial charge in [0.1, 0.15) is 11.5 Å². The van der Waals surface area contributed by atoms with Crippen molar-refractivity contribution < 1.29 is 31.8 Å². The summed E-state index contributed by atoms with van der Waals surface area (Å²) in [6.45, 7) is 1.54. The molecule has 1 aromatic carbocycles. The molecule has 0 aliphatic heterocycles. The first-order valence-electron chi connectivity index (χ1n) is 4.92. The van der Waals surface area contributed by atoms with Crippen molar-refractivity contribution in [1.29, 1.82) is 0 Å². The van der Waals surface area contributed by atoms with Gasteiger partial charge in [0.25, 0.3) is 0 Å². The summed E-state index contributed by atoms with van der Waals surface area (Å²) in [5.41, 5.74) is -0.434. The minimum absolute atomic E-state index is 0.0210. The zero-order valence-corrected chi connectivity index (χ0v) is 11.6. The first kappa shape index (κ1) is 15.8. The number of carbonyl (C=O) groups excluding carboxylic acids is 1. The molecule has 0 atom stereocenters. The van der Waals surface area contributed by atoms with Crippen LogP contribution in [0, 0.1) is 9.39 Å². The number of hydrogen-bond donors (Lipinski definition) is 1. The van der Waals surface area contributed by atoms with Gasteiger partial charge in [-0.15, -0.1) is 13.2 Å². The largest absolute Gasteiger partial charge is 0.573 e. The highest BCUT2D eigenvalue weighted by Crippen LogP contribution is 2.35. The number of alkyl halides is 3. The summed E-state index contributed by atoms with van der Waals surface area (Å²) in [6.07, 6.45) is -5.95. The number of anilines is 1. The Balaban J connectivity index is 3.10. The molecule has 0 spiro atoms. The minimum atomic E-state index is -4.95. The van der Waals surface area contributed by atoms with Gasteiger partial charge in [0, 0.05) is 0 Å². The van der Waals surface area contributed by atoms with Gasteiger partial charge >= 0.3 is 12.5 Å². The SMILES string of the molecule is CCOC(=O)Nc1c(OC(F)(F)F)ccc(F)c1I. The van der Waals surface area contributed by atoms with E-state index in [1.54, 1.807) is 0 Å². The van der Waals surface area contributed by atoms with Crippen molar-refractivity contribution in [1.82, 2.24) is 0 Å². The molecule has 1 N–H and O–H groups in total. The van der Waals surface area contributed by atoms with Crippen LogP contribution in [0.1, 0.15) is 6.92 Å². The quantitative estimate of drug-likeness (QED) is 0.626. The summed E-state index contributed by atoms with van der Waals surface area (Å²) in [4.78, 5) is 11.2. The molecular weight excluding hydrogens is 385 g/mol. The van der Waals surface area contributed by atoms with Crippen LogP contribution < -0.4 is 10.1 Å². The second-order valence-electron chi connectivity index (χ2n) is 3.13. The first-order chi connectivity index (χ1) is 8.74. The number of rotatable bonds is 3. The third kappa shape index (κ3) is 4.73. The highest BCUT2D eigenvalue weighted by Gasteiger charge is 2.33.